The molecule has 0 atom stereocenters. The molecular formula is C15H15BrFN3. The summed E-state index contributed by atoms with van der Waals surface area (Å²) < 4.78 is 14.7. The second kappa shape index (κ2) is 5.79. The fraction of sp³-hybridized carbons (Fsp3) is 0.267. The number of benzene rings is 1. The SMILES string of the molecule is Fc1ccccc1N1CCN(c2ccc(Br)cn2)CC1. The van der Waals surface area contributed by atoms with E-state index in [9.17, 15) is 4.39 Å². The normalized spacial score (nSPS) is 15.5. The topological polar surface area (TPSA) is 19.4 Å². The average molecular weight is 336 g/mol. The molecule has 0 amide bonds. The Bertz CT molecular complexity index is 580. The molecule has 1 saturated heterocycles. The Balaban J connectivity index is 1.68. The Kier molecular flexibility index (Phi) is 3.87. The molecule has 0 radical (unpaired) electrons. The molecule has 0 bridgehead atoms. The van der Waals surface area contributed by atoms with Crippen molar-refractivity contribution in [3.63, 3.8) is 0 Å². The highest BCUT2D eigenvalue weighted by atomic mass is 79.9. The molecule has 104 valence electrons. The van der Waals surface area contributed by atoms with Crippen LogP contribution in [-0.2, 0) is 0 Å². The van der Waals surface area contributed by atoms with Crippen molar-refractivity contribution in [1.82, 2.24) is 4.98 Å². The summed E-state index contributed by atoms with van der Waals surface area (Å²) in [4.78, 5) is 8.72. The summed E-state index contributed by atoms with van der Waals surface area (Å²) >= 11 is 3.39. The fourth-order valence-electron chi connectivity index (χ4n) is 2.44. The van der Waals surface area contributed by atoms with E-state index >= 15 is 0 Å². The minimum Gasteiger partial charge on any atom is -0.366 e. The van der Waals surface area contributed by atoms with Gasteiger partial charge in [-0.15, -0.1) is 0 Å². The lowest BCUT2D eigenvalue weighted by Crippen LogP contribution is -2.47. The monoisotopic (exact) mass is 335 g/mol. The molecule has 2 aromatic rings. The van der Waals surface area contributed by atoms with E-state index in [1.807, 2.05) is 24.3 Å². The minimum atomic E-state index is -0.150. The number of hydrogen-bond donors (Lipinski definition) is 0. The first-order valence-electron chi connectivity index (χ1n) is 6.60. The van der Waals surface area contributed by atoms with Crippen molar-refractivity contribution in [1.29, 1.82) is 0 Å². The van der Waals surface area contributed by atoms with Gasteiger partial charge in [0, 0.05) is 36.8 Å². The van der Waals surface area contributed by atoms with Gasteiger partial charge in [0.25, 0.3) is 0 Å². The largest absolute Gasteiger partial charge is 0.366 e. The minimum absolute atomic E-state index is 0.150. The Hall–Kier alpha value is -1.62. The van der Waals surface area contributed by atoms with Crippen LogP contribution >= 0.6 is 15.9 Å². The van der Waals surface area contributed by atoms with Gasteiger partial charge in [-0.25, -0.2) is 9.37 Å². The lowest BCUT2D eigenvalue weighted by Gasteiger charge is -2.36. The summed E-state index contributed by atoms with van der Waals surface area (Å²) in [7, 11) is 0. The van der Waals surface area contributed by atoms with Crippen molar-refractivity contribution < 1.29 is 4.39 Å². The van der Waals surface area contributed by atoms with Gasteiger partial charge in [-0.05, 0) is 40.2 Å². The second-order valence-electron chi connectivity index (χ2n) is 4.76. The first-order chi connectivity index (χ1) is 9.74. The van der Waals surface area contributed by atoms with Gasteiger partial charge >= 0.3 is 0 Å². The predicted octanol–water partition coefficient (Wildman–Crippen LogP) is 3.31. The van der Waals surface area contributed by atoms with Crippen LogP contribution in [0.15, 0.2) is 47.1 Å². The molecule has 1 fully saturated rings. The molecule has 1 aliphatic rings. The van der Waals surface area contributed by atoms with Crippen LogP contribution < -0.4 is 9.80 Å². The quantitative estimate of drug-likeness (QED) is 0.839. The molecule has 0 unspecified atom stereocenters. The van der Waals surface area contributed by atoms with Crippen LogP contribution in [0.25, 0.3) is 0 Å². The molecule has 2 heterocycles. The number of hydrogen-bond acceptors (Lipinski definition) is 3. The summed E-state index contributed by atoms with van der Waals surface area (Å²) in [6.45, 7) is 3.31. The highest BCUT2D eigenvalue weighted by Gasteiger charge is 2.19. The first-order valence-corrected chi connectivity index (χ1v) is 7.39. The maximum Gasteiger partial charge on any atom is 0.146 e. The van der Waals surface area contributed by atoms with Gasteiger partial charge in [0.1, 0.15) is 11.6 Å². The fourth-order valence-corrected chi connectivity index (χ4v) is 2.67. The summed E-state index contributed by atoms with van der Waals surface area (Å²) in [6.07, 6.45) is 1.80. The lowest BCUT2D eigenvalue weighted by atomic mass is 10.2. The molecule has 5 heteroatoms. The van der Waals surface area contributed by atoms with E-state index in [1.54, 1.807) is 12.3 Å². The third kappa shape index (κ3) is 2.77. The molecule has 0 spiro atoms. The smallest absolute Gasteiger partial charge is 0.146 e. The van der Waals surface area contributed by atoms with Gasteiger partial charge < -0.3 is 9.80 Å². The molecule has 1 aromatic heterocycles. The number of nitrogens with zero attached hydrogens (tertiary/aromatic N) is 3. The van der Waals surface area contributed by atoms with Crippen molar-refractivity contribution in [2.75, 3.05) is 36.0 Å². The zero-order chi connectivity index (χ0) is 13.9. The predicted molar refractivity (Wildman–Crippen MR) is 82.8 cm³/mol. The zero-order valence-electron chi connectivity index (χ0n) is 11.0. The van der Waals surface area contributed by atoms with E-state index in [-0.39, 0.29) is 5.82 Å². The molecule has 20 heavy (non-hydrogen) atoms. The van der Waals surface area contributed by atoms with Crippen LogP contribution in [0.3, 0.4) is 0 Å². The Morgan fingerprint density at radius 1 is 0.950 bits per heavy atom. The highest BCUT2D eigenvalue weighted by Crippen LogP contribution is 2.22. The summed E-state index contributed by atoms with van der Waals surface area (Å²) in [5, 5.41) is 0. The van der Waals surface area contributed by atoms with Crippen molar-refractivity contribution >= 4 is 27.4 Å². The Morgan fingerprint density at radius 2 is 1.65 bits per heavy atom. The number of piperazine rings is 1. The van der Waals surface area contributed by atoms with Gasteiger partial charge in [-0.2, -0.15) is 0 Å². The van der Waals surface area contributed by atoms with E-state index in [2.05, 4.69) is 30.7 Å². The molecule has 0 saturated carbocycles. The molecule has 0 aliphatic carbocycles. The molecule has 3 rings (SSSR count). The van der Waals surface area contributed by atoms with E-state index in [0.29, 0.717) is 5.69 Å². The third-order valence-corrected chi connectivity index (χ3v) is 3.98. The van der Waals surface area contributed by atoms with Gasteiger partial charge in [0.2, 0.25) is 0 Å². The first kappa shape index (κ1) is 13.4. The number of pyridine rings is 1. The van der Waals surface area contributed by atoms with E-state index < -0.39 is 0 Å². The summed E-state index contributed by atoms with van der Waals surface area (Å²) in [5.74, 6) is 0.823. The van der Waals surface area contributed by atoms with Crippen molar-refractivity contribution in [2.45, 2.75) is 0 Å². The zero-order valence-corrected chi connectivity index (χ0v) is 12.6. The maximum absolute atomic E-state index is 13.8. The Labute approximate surface area is 126 Å². The van der Waals surface area contributed by atoms with Gasteiger partial charge in [-0.3, -0.25) is 0 Å². The lowest BCUT2D eigenvalue weighted by molar-refractivity contribution is 0.596. The van der Waals surface area contributed by atoms with Crippen molar-refractivity contribution in [3.8, 4) is 0 Å². The van der Waals surface area contributed by atoms with Crippen LogP contribution in [0, 0.1) is 5.82 Å². The van der Waals surface area contributed by atoms with Crippen LogP contribution in [-0.4, -0.2) is 31.2 Å². The average Bonchev–Trinajstić information content (AvgIpc) is 2.49. The number of para-hydroxylation sites is 1. The van der Waals surface area contributed by atoms with E-state index in [0.717, 1.165) is 36.5 Å². The maximum atomic E-state index is 13.8. The molecule has 1 aliphatic heterocycles. The van der Waals surface area contributed by atoms with Gasteiger partial charge in [0.15, 0.2) is 0 Å². The standard InChI is InChI=1S/C15H15BrFN3/c16-12-5-6-15(18-11-12)20-9-7-19(8-10-20)14-4-2-1-3-13(14)17/h1-6,11H,7-10H2. The van der Waals surface area contributed by atoms with Crippen LogP contribution in [0.1, 0.15) is 0 Å². The number of anilines is 2. The second-order valence-corrected chi connectivity index (χ2v) is 5.68. The van der Waals surface area contributed by atoms with Crippen molar-refractivity contribution in [2.24, 2.45) is 0 Å². The molecular weight excluding hydrogens is 321 g/mol. The summed E-state index contributed by atoms with van der Waals surface area (Å²) in [5.41, 5.74) is 0.691. The van der Waals surface area contributed by atoms with E-state index in [1.165, 1.54) is 6.07 Å². The molecule has 1 aromatic carbocycles. The van der Waals surface area contributed by atoms with Crippen LogP contribution in [0.5, 0.6) is 0 Å². The van der Waals surface area contributed by atoms with Crippen LogP contribution in [0.4, 0.5) is 15.9 Å². The number of halogens is 2. The van der Waals surface area contributed by atoms with Crippen LogP contribution in [0.2, 0.25) is 0 Å². The van der Waals surface area contributed by atoms with Gasteiger partial charge in [0.05, 0.1) is 5.69 Å². The van der Waals surface area contributed by atoms with E-state index in [4.69, 9.17) is 0 Å². The number of aromatic nitrogens is 1. The summed E-state index contributed by atoms with van der Waals surface area (Å²) in [6, 6.07) is 10.9. The van der Waals surface area contributed by atoms with Gasteiger partial charge in [-0.1, -0.05) is 12.1 Å². The molecule has 0 N–H and O–H groups in total. The molecule has 3 nitrogen and oxygen atoms in total. The Morgan fingerprint density at radius 3 is 2.30 bits per heavy atom. The number of rotatable bonds is 2. The van der Waals surface area contributed by atoms with Crippen molar-refractivity contribution in [3.05, 3.63) is 52.9 Å². The third-order valence-electron chi connectivity index (χ3n) is 3.51. The highest BCUT2D eigenvalue weighted by molar-refractivity contribution is 9.10.